The molecule has 1 aromatic rings. The van der Waals surface area contributed by atoms with Crippen LogP contribution in [0.3, 0.4) is 0 Å². The third-order valence-corrected chi connectivity index (χ3v) is 2.61. The van der Waals surface area contributed by atoms with Gasteiger partial charge in [0.15, 0.2) is 0 Å². The molecule has 18 heavy (non-hydrogen) atoms. The van der Waals surface area contributed by atoms with E-state index in [-0.39, 0.29) is 30.0 Å². The minimum absolute atomic E-state index is 0.196. The van der Waals surface area contributed by atoms with Crippen LogP contribution in [0.1, 0.15) is 12.0 Å². The maximum atomic E-state index is 10.9. The SMILES string of the molecule is O=[N+]([O-])c1cnccc1C1=CC(O)CC(CO)O1. The van der Waals surface area contributed by atoms with Crippen molar-refractivity contribution < 1.29 is 19.9 Å². The summed E-state index contributed by atoms with van der Waals surface area (Å²) in [7, 11) is 0. The van der Waals surface area contributed by atoms with Gasteiger partial charge in [-0.1, -0.05) is 0 Å². The van der Waals surface area contributed by atoms with E-state index in [1.165, 1.54) is 18.3 Å². The molecule has 0 bridgehead atoms. The number of aromatic nitrogens is 1. The van der Waals surface area contributed by atoms with E-state index in [4.69, 9.17) is 9.84 Å². The predicted molar refractivity (Wildman–Crippen MR) is 61.5 cm³/mol. The van der Waals surface area contributed by atoms with Crippen molar-refractivity contribution in [2.24, 2.45) is 0 Å². The number of rotatable bonds is 3. The van der Waals surface area contributed by atoms with Gasteiger partial charge in [-0.05, 0) is 12.1 Å². The lowest BCUT2D eigenvalue weighted by Crippen LogP contribution is -2.27. The van der Waals surface area contributed by atoms with Gasteiger partial charge in [-0.25, -0.2) is 0 Å². The van der Waals surface area contributed by atoms with E-state index < -0.39 is 17.1 Å². The summed E-state index contributed by atoms with van der Waals surface area (Å²) in [6.07, 6.45) is 2.83. The highest BCUT2D eigenvalue weighted by Crippen LogP contribution is 2.30. The third-order valence-electron chi connectivity index (χ3n) is 2.61. The molecule has 0 aliphatic carbocycles. The zero-order valence-electron chi connectivity index (χ0n) is 9.39. The fourth-order valence-electron chi connectivity index (χ4n) is 1.78. The smallest absolute Gasteiger partial charge is 0.298 e. The van der Waals surface area contributed by atoms with Crippen molar-refractivity contribution in [2.75, 3.05) is 6.61 Å². The molecule has 1 aliphatic rings. The van der Waals surface area contributed by atoms with E-state index in [9.17, 15) is 15.2 Å². The quantitative estimate of drug-likeness (QED) is 0.598. The number of aliphatic hydroxyl groups excluding tert-OH is 2. The Balaban J connectivity index is 2.39. The molecule has 2 atom stereocenters. The van der Waals surface area contributed by atoms with Crippen molar-refractivity contribution in [3.8, 4) is 0 Å². The second kappa shape index (κ2) is 5.11. The molecule has 1 aromatic heterocycles. The summed E-state index contributed by atoms with van der Waals surface area (Å²) in [5.74, 6) is 0.196. The maximum absolute atomic E-state index is 10.9. The van der Waals surface area contributed by atoms with Crippen LogP contribution < -0.4 is 0 Å². The van der Waals surface area contributed by atoms with Gasteiger partial charge in [-0.3, -0.25) is 15.1 Å². The Bertz CT molecular complexity index is 488. The summed E-state index contributed by atoms with van der Waals surface area (Å²) >= 11 is 0. The van der Waals surface area contributed by atoms with Crippen LogP contribution in [0.15, 0.2) is 24.5 Å². The minimum atomic E-state index is -0.793. The van der Waals surface area contributed by atoms with Crippen molar-refractivity contribution in [3.05, 3.63) is 40.2 Å². The fraction of sp³-hybridized carbons (Fsp3) is 0.364. The largest absolute Gasteiger partial charge is 0.487 e. The van der Waals surface area contributed by atoms with Gasteiger partial charge in [0.05, 0.1) is 23.2 Å². The van der Waals surface area contributed by atoms with Crippen LogP contribution in [0.25, 0.3) is 5.76 Å². The van der Waals surface area contributed by atoms with E-state index in [1.807, 2.05) is 0 Å². The Morgan fingerprint density at radius 3 is 3.06 bits per heavy atom. The fourth-order valence-corrected chi connectivity index (χ4v) is 1.78. The Morgan fingerprint density at radius 2 is 2.39 bits per heavy atom. The number of hydrogen-bond acceptors (Lipinski definition) is 6. The lowest BCUT2D eigenvalue weighted by molar-refractivity contribution is -0.385. The number of nitrogens with zero attached hydrogens (tertiary/aromatic N) is 2. The van der Waals surface area contributed by atoms with Crippen LogP contribution in [0.4, 0.5) is 5.69 Å². The van der Waals surface area contributed by atoms with Gasteiger partial charge in [0, 0.05) is 12.6 Å². The molecule has 7 nitrogen and oxygen atoms in total. The third kappa shape index (κ3) is 2.47. The van der Waals surface area contributed by atoms with Gasteiger partial charge < -0.3 is 14.9 Å². The zero-order valence-corrected chi connectivity index (χ0v) is 9.39. The van der Waals surface area contributed by atoms with Crippen molar-refractivity contribution in [2.45, 2.75) is 18.6 Å². The Labute approximate surface area is 103 Å². The van der Waals surface area contributed by atoms with E-state index in [1.54, 1.807) is 0 Å². The number of hydrogen-bond donors (Lipinski definition) is 2. The molecule has 1 aliphatic heterocycles. The minimum Gasteiger partial charge on any atom is -0.487 e. The number of aliphatic hydroxyl groups is 2. The van der Waals surface area contributed by atoms with Crippen LogP contribution in [0, 0.1) is 10.1 Å². The van der Waals surface area contributed by atoms with Crippen molar-refractivity contribution in [3.63, 3.8) is 0 Å². The summed E-state index contributed by atoms with van der Waals surface area (Å²) in [6, 6.07) is 1.44. The zero-order chi connectivity index (χ0) is 13.1. The van der Waals surface area contributed by atoms with E-state index in [2.05, 4.69) is 4.98 Å². The van der Waals surface area contributed by atoms with Gasteiger partial charge >= 0.3 is 0 Å². The molecular formula is C11H12N2O5. The standard InChI is InChI=1S/C11H12N2O5/c14-6-8-3-7(15)4-11(18-8)9-1-2-12-5-10(9)13(16)17/h1-2,4-5,7-8,14-15H,3,6H2. The molecule has 96 valence electrons. The average molecular weight is 252 g/mol. The first-order valence-corrected chi connectivity index (χ1v) is 5.38. The Hall–Kier alpha value is -1.99. The van der Waals surface area contributed by atoms with Crippen LogP contribution >= 0.6 is 0 Å². The van der Waals surface area contributed by atoms with Crippen LogP contribution in [-0.2, 0) is 4.74 Å². The lowest BCUT2D eigenvalue weighted by atomic mass is 10.0. The highest BCUT2D eigenvalue weighted by atomic mass is 16.6. The van der Waals surface area contributed by atoms with E-state index in [0.29, 0.717) is 0 Å². The molecule has 2 rings (SSSR count). The monoisotopic (exact) mass is 252 g/mol. The molecule has 0 aromatic carbocycles. The van der Waals surface area contributed by atoms with E-state index in [0.717, 1.165) is 6.20 Å². The highest BCUT2D eigenvalue weighted by molar-refractivity contribution is 5.68. The molecule has 2 unspecified atom stereocenters. The molecule has 0 saturated heterocycles. The molecule has 0 saturated carbocycles. The molecule has 2 N–H and O–H groups in total. The summed E-state index contributed by atoms with van der Waals surface area (Å²) in [5.41, 5.74) is 0.0433. The molecule has 7 heteroatoms. The second-order valence-electron chi connectivity index (χ2n) is 3.91. The predicted octanol–water partition coefficient (Wildman–Crippen LogP) is 0.473. The molecule has 0 radical (unpaired) electrons. The van der Waals surface area contributed by atoms with Gasteiger partial charge in [0.1, 0.15) is 18.1 Å². The highest BCUT2D eigenvalue weighted by Gasteiger charge is 2.26. The molecular weight excluding hydrogens is 240 g/mol. The summed E-state index contributed by atoms with van der Waals surface area (Å²) in [6.45, 7) is -0.257. The summed E-state index contributed by atoms with van der Waals surface area (Å²) in [5, 5.41) is 29.5. The first kappa shape index (κ1) is 12.5. The van der Waals surface area contributed by atoms with Crippen molar-refractivity contribution in [1.82, 2.24) is 4.98 Å². The molecule has 0 amide bonds. The molecule has 2 heterocycles. The normalized spacial score (nSPS) is 23.1. The number of pyridine rings is 1. The van der Waals surface area contributed by atoms with Gasteiger partial charge in [0.2, 0.25) is 0 Å². The Morgan fingerprint density at radius 1 is 1.61 bits per heavy atom. The first-order valence-electron chi connectivity index (χ1n) is 5.38. The maximum Gasteiger partial charge on any atom is 0.298 e. The van der Waals surface area contributed by atoms with Gasteiger partial charge in [0.25, 0.3) is 5.69 Å². The lowest BCUT2D eigenvalue weighted by Gasteiger charge is -2.25. The van der Waals surface area contributed by atoms with Gasteiger partial charge in [-0.2, -0.15) is 0 Å². The van der Waals surface area contributed by atoms with Gasteiger partial charge in [-0.15, -0.1) is 0 Å². The van der Waals surface area contributed by atoms with Crippen LogP contribution in [0.2, 0.25) is 0 Å². The average Bonchev–Trinajstić information content (AvgIpc) is 2.38. The molecule has 0 fully saturated rings. The number of ether oxygens (including phenoxy) is 1. The summed E-state index contributed by atoms with van der Waals surface area (Å²) < 4.78 is 5.40. The van der Waals surface area contributed by atoms with Crippen LogP contribution in [0.5, 0.6) is 0 Å². The van der Waals surface area contributed by atoms with E-state index >= 15 is 0 Å². The van der Waals surface area contributed by atoms with Crippen molar-refractivity contribution >= 4 is 11.4 Å². The second-order valence-corrected chi connectivity index (χ2v) is 3.91. The Kier molecular flexibility index (Phi) is 3.54. The summed E-state index contributed by atoms with van der Waals surface area (Å²) in [4.78, 5) is 14.0. The van der Waals surface area contributed by atoms with Crippen LogP contribution in [-0.4, -0.2) is 38.9 Å². The van der Waals surface area contributed by atoms with Crippen molar-refractivity contribution in [1.29, 1.82) is 0 Å². The molecule has 0 spiro atoms. The first-order chi connectivity index (χ1) is 8.61. The number of nitro groups is 1. The topological polar surface area (TPSA) is 106 Å².